The molecular weight excluding hydrogens is 454 g/mol. The van der Waals surface area contributed by atoms with E-state index in [1.54, 1.807) is 24.3 Å². The molecule has 0 saturated heterocycles. The first-order valence-corrected chi connectivity index (χ1v) is 11.3. The van der Waals surface area contributed by atoms with Gasteiger partial charge >= 0.3 is 5.97 Å². The Morgan fingerprint density at radius 2 is 1.76 bits per heavy atom. The quantitative estimate of drug-likeness (QED) is 0.281. The molecule has 2 aromatic heterocycles. The van der Waals surface area contributed by atoms with Crippen LogP contribution in [0.2, 0.25) is 5.02 Å². The summed E-state index contributed by atoms with van der Waals surface area (Å²) in [6, 6.07) is 16.5. The second kappa shape index (κ2) is 10.1. The van der Waals surface area contributed by atoms with Crippen molar-refractivity contribution < 1.29 is 14.3 Å². The van der Waals surface area contributed by atoms with Gasteiger partial charge in [0, 0.05) is 28.5 Å². The summed E-state index contributed by atoms with van der Waals surface area (Å²) in [6.07, 6.45) is 1.96. The molecule has 0 bridgehead atoms. The van der Waals surface area contributed by atoms with Crippen molar-refractivity contribution in [1.82, 2.24) is 14.1 Å². The number of carbonyl (C=O) groups is 2. The Labute approximate surface area is 201 Å². The van der Waals surface area contributed by atoms with E-state index in [0.717, 1.165) is 23.4 Å². The summed E-state index contributed by atoms with van der Waals surface area (Å²) >= 11 is 5.95. The summed E-state index contributed by atoms with van der Waals surface area (Å²) in [5, 5.41) is 0.696. The smallest absolute Gasteiger partial charge is 0.326 e. The summed E-state index contributed by atoms with van der Waals surface area (Å²) in [5.41, 5.74) is 4.16. The average Bonchev–Trinajstić information content (AvgIpc) is 3.12. The Hall–Kier alpha value is -3.71. The van der Waals surface area contributed by atoms with Gasteiger partial charge in [-0.25, -0.2) is 4.98 Å². The zero-order valence-corrected chi connectivity index (χ0v) is 19.7. The summed E-state index contributed by atoms with van der Waals surface area (Å²) in [5.74, 6) is -0.950. The molecule has 0 aliphatic heterocycles. The molecule has 0 unspecified atom stereocenters. The van der Waals surface area contributed by atoms with Crippen LogP contribution in [0.1, 0.15) is 27.3 Å². The van der Waals surface area contributed by atoms with Crippen molar-refractivity contribution in [3.05, 3.63) is 98.7 Å². The van der Waals surface area contributed by atoms with Gasteiger partial charge < -0.3 is 9.30 Å². The number of rotatable bonds is 8. The van der Waals surface area contributed by atoms with Gasteiger partial charge in [0.05, 0.1) is 17.2 Å². The van der Waals surface area contributed by atoms with Gasteiger partial charge in [-0.15, -0.1) is 0 Å². The van der Waals surface area contributed by atoms with Crippen LogP contribution in [-0.4, -0.2) is 32.5 Å². The van der Waals surface area contributed by atoms with Gasteiger partial charge in [0.25, 0.3) is 5.56 Å². The number of ketones is 1. The Bertz CT molecular complexity index is 1420. The van der Waals surface area contributed by atoms with Gasteiger partial charge in [0.1, 0.15) is 6.54 Å². The highest BCUT2D eigenvalue weighted by Crippen LogP contribution is 2.18. The Morgan fingerprint density at radius 1 is 1.03 bits per heavy atom. The van der Waals surface area contributed by atoms with Gasteiger partial charge in [0.2, 0.25) is 5.78 Å². The number of fused-ring (bicyclic) bond motifs is 1. The first-order valence-electron chi connectivity index (χ1n) is 10.9. The first-order chi connectivity index (χ1) is 16.3. The lowest BCUT2D eigenvalue weighted by molar-refractivity contribution is -0.143. The fourth-order valence-electron chi connectivity index (χ4n) is 4.00. The molecule has 174 valence electrons. The summed E-state index contributed by atoms with van der Waals surface area (Å²) in [7, 11) is 0. The molecule has 0 aliphatic carbocycles. The molecule has 0 amide bonds. The molecule has 0 saturated carbocycles. The van der Waals surface area contributed by atoms with Crippen LogP contribution in [0.4, 0.5) is 0 Å². The van der Waals surface area contributed by atoms with Crippen LogP contribution in [0.5, 0.6) is 0 Å². The predicted molar refractivity (Wildman–Crippen MR) is 130 cm³/mol. The molecule has 2 heterocycles. The molecule has 2 aromatic carbocycles. The zero-order chi connectivity index (χ0) is 24.2. The maximum absolute atomic E-state index is 12.8. The van der Waals surface area contributed by atoms with Crippen LogP contribution in [0.25, 0.3) is 11.0 Å². The molecule has 7 nitrogen and oxygen atoms in total. The van der Waals surface area contributed by atoms with E-state index in [2.05, 4.69) is 9.55 Å². The van der Waals surface area contributed by atoms with Crippen molar-refractivity contribution in [3.63, 3.8) is 0 Å². The van der Waals surface area contributed by atoms with E-state index in [9.17, 15) is 14.4 Å². The number of benzene rings is 2. The number of hydrogen-bond acceptors (Lipinski definition) is 5. The maximum Gasteiger partial charge on any atom is 0.326 e. The largest absolute Gasteiger partial charge is 0.456 e. The lowest BCUT2D eigenvalue weighted by Gasteiger charge is -2.11. The minimum atomic E-state index is -0.664. The van der Waals surface area contributed by atoms with Crippen LogP contribution in [-0.2, 0) is 29.0 Å². The van der Waals surface area contributed by atoms with Crippen LogP contribution in [0, 0.1) is 13.8 Å². The molecule has 4 rings (SSSR count). The lowest BCUT2D eigenvalue weighted by atomic mass is 10.1. The van der Waals surface area contributed by atoms with Crippen molar-refractivity contribution in [1.29, 1.82) is 0 Å². The van der Waals surface area contributed by atoms with E-state index in [-0.39, 0.29) is 12.3 Å². The molecule has 0 radical (unpaired) electrons. The number of para-hydroxylation sites is 2. The monoisotopic (exact) mass is 477 g/mol. The molecule has 0 atom stereocenters. The van der Waals surface area contributed by atoms with Gasteiger partial charge in [-0.1, -0.05) is 35.9 Å². The normalized spacial score (nSPS) is 11.0. The number of nitrogens with zero attached hydrogens (tertiary/aromatic N) is 3. The second-order valence-corrected chi connectivity index (χ2v) is 8.50. The molecule has 8 heteroatoms. The summed E-state index contributed by atoms with van der Waals surface area (Å²) in [4.78, 5) is 41.5. The van der Waals surface area contributed by atoms with E-state index in [1.165, 1.54) is 10.8 Å². The fourth-order valence-corrected chi connectivity index (χ4v) is 4.12. The Balaban J connectivity index is 1.40. The van der Waals surface area contributed by atoms with Crippen molar-refractivity contribution in [2.75, 3.05) is 6.61 Å². The number of hydrogen-bond donors (Lipinski definition) is 0. The van der Waals surface area contributed by atoms with Crippen LogP contribution in [0.3, 0.4) is 0 Å². The van der Waals surface area contributed by atoms with Gasteiger partial charge in [-0.2, -0.15) is 0 Å². The van der Waals surface area contributed by atoms with Gasteiger partial charge in [-0.3, -0.25) is 19.0 Å². The molecule has 34 heavy (non-hydrogen) atoms. The van der Waals surface area contributed by atoms with Gasteiger partial charge in [0.15, 0.2) is 6.61 Å². The zero-order valence-electron chi connectivity index (χ0n) is 19.0. The molecule has 0 aliphatic rings. The first kappa shape index (κ1) is 23.4. The number of halogens is 1. The molecule has 4 aromatic rings. The SMILES string of the molecule is Cc1cc(C(=O)COC(=O)Cn2c(=O)cnc3ccccc32)c(C)n1CCc1ccc(Cl)cc1. The second-order valence-electron chi connectivity index (χ2n) is 8.07. The highest BCUT2D eigenvalue weighted by molar-refractivity contribution is 6.30. The van der Waals surface area contributed by atoms with Crippen molar-refractivity contribution >= 4 is 34.4 Å². The Kier molecular flexibility index (Phi) is 6.93. The number of esters is 1. The highest BCUT2D eigenvalue weighted by atomic mass is 35.5. The fraction of sp³-hybridized carbons (Fsp3) is 0.231. The van der Waals surface area contributed by atoms with Crippen molar-refractivity contribution in [2.24, 2.45) is 0 Å². The lowest BCUT2D eigenvalue weighted by Crippen LogP contribution is -2.27. The van der Waals surface area contributed by atoms with E-state index >= 15 is 0 Å². The number of Topliss-reactive ketones (excluding diaryl/α,β-unsaturated/α-hetero) is 1. The molecule has 0 fully saturated rings. The topological polar surface area (TPSA) is 83.2 Å². The molecule has 0 N–H and O–H groups in total. The van der Waals surface area contributed by atoms with Crippen molar-refractivity contribution in [3.8, 4) is 0 Å². The van der Waals surface area contributed by atoms with E-state index in [0.29, 0.717) is 28.2 Å². The van der Waals surface area contributed by atoms with Crippen LogP contribution < -0.4 is 5.56 Å². The third-order valence-corrected chi connectivity index (χ3v) is 6.07. The molecular formula is C26H24ClN3O4. The van der Waals surface area contributed by atoms with Crippen molar-refractivity contribution in [2.45, 2.75) is 33.4 Å². The standard InChI is InChI=1S/C26H24ClN3O4/c1-17-13-21(18(2)29(17)12-11-19-7-9-20(27)10-8-19)24(31)16-34-26(33)15-30-23-6-4-3-5-22(23)28-14-25(30)32/h3-10,13-14H,11-12,15-16H2,1-2H3. The average molecular weight is 478 g/mol. The third-order valence-electron chi connectivity index (χ3n) is 5.82. The van der Waals surface area contributed by atoms with E-state index < -0.39 is 18.1 Å². The summed E-state index contributed by atoms with van der Waals surface area (Å²) in [6.45, 7) is 3.85. The number of carbonyl (C=O) groups excluding carboxylic acids is 2. The minimum absolute atomic E-state index is 0.286. The van der Waals surface area contributed by atoms with Gasteiger partial charge in [-0.05, 0) is 56.2 Å². The number of aryl methyl sites for hydroxylation is 2. The molecule has 0 spiro atoms. The summed E-state index contributed by atoms with van der Waals surface area (Å²) < 4.78 is 8.59. The highest BCUT2D eigenvalue weighted by Gasteiger charge is 2.18. The maximum atomic E-state index is 12.8. The van der Waals surface area contributed by atoms with E-state index in [1.807, 2.05) is 44.2 Å². The van der Waals surface area contributed by atoms with E-state index in [4.69, 9.17) is 16.3 Å². The van der Waals surface area contributed by atoms with Crippen LogP contribution >= 0.6 is 11.6 Å². The third kappa shape index (κ3) is 5.10. The predicted octanol–water partition coefficient (Wildman–Crippen LogP) is 4.14. The van der Waals surface area contributed by atoms with Crippen LogP contribution in [0.15, 0.2) is 65.6 Å². The number of aromatic nitrogens is 3. The number of ether oxygens (including phenoxy) is 1. The minimum Gasteiger partial charge on any atom is -0.456 e. The Morgan fingerprint density at radius 3 is 2.53 bits per heavy atom.